The van der Waals surface area contributed by atoms with Crippen molar-refractivity contribution in [2.24, 2.45) is 11.1 Å². The Labute approximate surface area is 134 Å². The lowest BCUT2D eigenvalue weighted by Gasteiger charge is -2.34. The molecule has 1 saturated heterocycles. The van der Waals surface area contributed by atoms with Crippen molar-refractivity contribution in [3.05, 3.63) is 29.3 Å². The Morgan fingerprint density at radius 1 is 1.43 bits per heavy atom. The summed E-state index contributed by atoms with van der Waals surface area (Å²) in [6.07, 6.45) is 1.12. The van der Waals surface area contributed by atoms with Gasteiger partial charge in [0.05, 0.1) is 5.41 Å². The minimum absolute atomic E-state index is 0.0691. The minimum Gasteiger partial charge on any atom is -0.434 e. The molecule has 7 heteroatoms. The Kier molecular flexibility index (Phi) is 5.90. The standard InChI is InChI=1S/C16H22F2N2O3/c1-11-2-3-13(23-15(17)18)12(8-11)9-20-14(21)16(10-19)4-6-22-7-5-16/h2-3,8,15H,4-7,9-10,19H2,1H3,(H,20,21). The van der Waals surface area contributed by atoms with Crippen molar-refractivity contribution in [3.63, 3.8) is 0 Å². The summed E-state index contributed by atoms with van der Waals surface area (Å²) in [5.41, 5.74) is 6.55. The van der Waals surface area contributed by atoms with Gasteiger partial charge in [0.25, 0.3) is 0 Å². The average Bonchev–Trinajstić information content (AvgIpc) is 2.55. The molecule has 1 heterocycles. The van der Waals surface area contributed by atoms with Gasteiger partial charge in [-0.25, -0.2) is 0 Å². The number of hydrogen-bond acceptors (Lipinski definition) is 4. The third-order valence-electron chi connectivity index (χ3n) is 4.19. The second kappa shape index (κ2) is 7.70. The van der Waals surface area contributed by atoms with Crippen LogP contribution in [0.3, 0.4) is 0 Å². The topological polar surface area (TPSA) is 73.6 Å². The monoisotopic (exact) mass is 328 g/mol. The van der Waals surface area contributed by atoms with Gasteiger partial charge in [0, 0.05) is 31.9 Å². The first-order valence-corrected chi connectivity index (χ1v) is 7.57. The number of alkyl halides is 2. The summed E-state index contributed by atoms with van der Waals surface area (Å²) in [6, 6.07) is 4.89. The molecule has 1 aliphatic rings. The number of carbonyl (C=O) groups excluding carboxylic acids is 1. The van der Waals surface area contributed by atoms with Crippen LogP contribution >= 0.6 is 0 Å². The third kappa shape index (κ3) is 4.39. The fourth-order valence-electron chi connectivity index (χ4n) is 2.71. The van der Waals surface area contributed by atoms with Crippen LogP contribution in [-0.2, 0) is 16.1 Å². The zero-order valence-corrected chi connectivity index (χ0v) is 13.1. The van der Waals surface area contributed by atoms with Crippen molar-refractivity contribution >= 4 is 5.91 Å². The van der Waals surface area contributed by atoms with E-state index in [0.717, 1.165) is 5.56 Å². The van der Waals surface area contributed by atoms with Crippen LogP contribution in [0.4, 0.5) is 8.78 Å². The number of rotatable bonds is 6. The van der Waals surface area contributed by atoms with Crippen molar-refractivity contribution in [1.82, 2.24) is 5.32 Å². The van der Waals surface area contributed by atoms with Crippen molar-refractivity contribution in [1.29, 1.82) is 0 Å². The van der Waals surface area contributed by atoms with Gasteiger partial charge >= 0.3 is 6.61 Å². The quantitative estimate of drug-likeness (QED) is 0.837. The van der Waals surface area contributed by atoms with Crippen LogP contribution in [-0.4, -0.2) is 32.3 Å². The highest BCUT2D eigenvalue weighted by molar-refractivity contribution is 5.83. The maximum atomic E-state index is 12.5. The van der Waals surface area contributed by atoms with Gasteiger partial charge in [0.15, 0.2) is 0 Å². The van der Waals surface area contributed by atoms with Crippen molar-refractivity contribution in [3.8, 4) is 5.75 Å². The summed E-state index contributed by atoms with van der Waals surface area (Å²) >= 11 is 0. The van der Waals surface area contributed by atoms with Gasteiger partial charge in [-0.2, -0.15) is 8.78 Å². The number of benzene rings is 1. The van der Waals surface area contributed by atoms with Gasteiger partial charge in [-0.15, -0.1) is 0 Å². The van der Waals surface area contributed by atoms with Gasteiger partial charge in [0.2, 0.25) is 5.91 Å². The lowest BCUT2D eigenvalue weighted by Crippen LogP contribution is -2.49. The molecule has 0 radical (unpaired) electrons. The Morgan fingerprint density at radius 2 is 2.13 bits per heavy atom. The summed E-state index contributed by atoms with van der Waals surface area (Å²) in [5, 5.41) is 2.80. The van der Waals surface area contributed by atoms with Crippen molar-refractivity contribution in [2.45, 2.75) is 32.9 Å². The lowest BCUT2D eigenvalue weighted by atomic mass is 9.79. The zero-order chi connectivity index (χ0) is 16.9. The summed E-state index contributed by atoms with van der Waals surface area (Å²) in [5.74, 6) is -0.104. The summed E-state index contributed by atoms with van der Waals surface area (Å²) in [6.45, 7) is 0.278. The molecule has 23 heavy (non-hydrogen) atoms. The molecule has 2 rings (SSSR count). The van der Waals surface area contributed by atoms with Crippen LogP contribution in [0.25, 0.3) is 0 Å². The van der Waals surface area contributed by atoms with E-state index in [0.29, 0.717) is 31.6 Å². The van der Waals surface area contributed by atoms with Gasteiger partial charge in [-0.05, 0) is 25.8 Å². The van der Waals surface area contributed by atoms with Crippen LogP contribution in [0.1, 0.15) is 24.0 Å². The highest BCUT2D eigenvalue weighted by atomic mass is 19.3. The Hall–Kier alpha value is -1.73. The number of amides is 1. The maximum Gasteiger partial charge on any atom is 0.387 e. The number of carbonyl (C=O) groups is 1. The first-order valence-electron chi connectivity index (χ1n) is 7.57. The number of nitrogens with two attached hydrogens (primary N) is 1. The van der Waals surface area contributed by atoms with E-state index < -0.39 is 12.0 Å². The largest absolute Gasteiger partial charge is 0.434 e. The molecule has 1 amide bonds. The highest BCUT2D eigenvalue weighted by Gasteiger charge is 2.38. The zero-order valence-electron chi connectivity index (χ0n) is 13.1. The Morgan fingerprint density at radius 3 is 2.74 bits per heavy atom. The molecule has 1 aromatic carbocycles. The van der Waals surface area contributed by atoms with Gasteiger partial charge in [-0.3, -0.25) is 4.79 Å². The summed E-state index contributed by atoms with van der Waals surface area (Å²) in [4.78, 5) is 12.5. The number of aryl methyl sites for hydroxylation is 1. The van der Waals surface area contributed by atoms with Crippen LogP contribution < -0.4 is 15.8 Å². The van der Waals surface area contributed by atoms with E-state index >= 15 is 0 Å². The number of halogens is 2. The van der Waals surface area contributed by atoms with Gasteiger partial charge < -0.3 is 20.5 Å². The van der Waals surface area contributed by atoms with Gasteiger partial charge in [0.1, 0.15) is 5.75 Å². The summed E-state index contributed by atoms with van der Waals surface area (Å²) < 4.78 is 34.7. The first-order chi connectivity index (χ1) is 11.0. The first kappa shape index (κ1) is 17.6. The molecular formula is C16H22F2N2O3. The molecule has 0 spiro atoms. The minimum atomic E-state index is -2.90. The fourth-order valence-corrected chi connectivity index (χ4v) is 2.71. The molecule has 0 saturated carbocycles. The number of nitrogens with one attached hydrogen (secondary N) is 1. The highest BCUT2D eigenvalue weighted by Crippen LogP contribution is 2.30. The normalized spacial score (nSPS) is 17.1. The molecule has 3 N–H and O–H groups in total. The number of ether oxygens (including phenoxy) is 2. The fraction of sp³-hybridized carbons (Fsp3) is 0.562. The Balaban J connectivity index is 2.07. The smallest absolute Gasteiger partial charge is 0.387 e. The molecule has 1 aliphatic heterocycles. The van der Waals surface area contributed by atoms with Crippen LogP contribution in [0.15, 0.2) is 18.2 Å². The van der Waals surface area contributed by atoms with Crippen LogP contribution in [0, 0.1) is 12.3 Å². The molecule has 0 atom stereocenters. The second-order valence-corrected chi connectivity index (χ2v) is 5.77. The van der Waals surface area contributed by atoms with E-state index in [4.69, 9.17) is 10.5 Å². The van der Waals surface area contributed by atoms with E-state index in [1.165, 1.54) is 6.07 Å². The van der Waals surface area contributed by atoms with Gasteiger partial charge in [-0.1, -0.05) is 17.7 Å². The van der Waals surface area contributed by atoms with E-state index in [1.54, 1.807) is 12.1 Å². The van der Waals surface area contributed by atoms with E-state index in [-0.39, 0.29) is 24.7 Å². The molecule has 1 aromatic rings. The van der Waals surface area contributed by atoms with E-state index in [2.05, 4.69) is 10.1 Å². The van der Waals surface area contributed by atoms with Crippen molar-refractivity contribution in [2.75, 3.05) is 19.8 Å². The maximum absolute atomic E-state index is 12.5. The van der Waals surface area contributed by atoms with E-state index in [9.17, 15) is 13.6 Å². The van der Waals surface area contributed by atoms with E-state index in [1.807, 2.05) is 6.92 Å². The van der Waals surface area contributed by atoms with Crippen molar-refractivity contribution < 1.29 is 23.0 Å². The molecule has 0 aliphatic carbocycles. The van der Waals surface area contributed by atoms with Crippen LogP contribution in [0.5, 0.6) is 5.75 Å². The predicted octanol–water partition coefficient (Wildman–Crippen LogP) is 1.97. The third-order valence-corrected chi connectivity index (χ3v) is 4.19. The molecule has 0 aromatic heterocycles. The molecule has 0 unspecified atom stereocenters. The predicted molar refractivity (Wildman–Crippen MR) is 81.2 cm³/mol. The molecule has 128 valence electrons. The van der Waals surface area contributed by atoms with Crippen LogP contribution in [0.2, 0.25) is 0 Å². The summed E-state index contributed by atoms with van der Waals surface area (Å²) in [7, 11) is 0. The average molecular weight is 328 g/mol. The Bertz CT molecular complexity index is 546. The second-order valence-electron chi connectivity index (χ2n) is 5.77. The molecule has 5 nitrogen and oxygen atoms in total. The SMILES string of the molecule is Cc1ccc(OC(F)F)c(CNC(=O)C2(CN)CCOCC2)c1. The molecule has 0 bridgehead atoms. The molecular weight excluding hydrogens is 306 g/mol. The number of hydrogen-bond donors (Lipinski definition) is 2. The lowest BCUT2D eigenvalue weighted by molar-refractivity contribution is -0.136. The molecule has 1 fully saturated rings.